The molecular formula is C9H6ClNOS. The molecule has 0 atom stereocenters. The average molecular weight is 212 g/mol. The van der Waals surface area contributed by atoms with Gasteiger partial charge in [0, 0.05) is 21.0 Å². The van der Waals surface area contributed by atoms with Crippen molar-refractivity contribution >= 4 is 38.2 Å². The Kier molecular flexibility index (Phi) is 2.20. The van der Waals surface area contributed by atoms with E-state index in [-0.39, 0.29) is 5.17 Å². The molecular weight excluding hydrogens is 206 g/mol. The Morgan fingerprint density at radius 1 is 1.38 bits per heavy atom. The molecule has 1 heterocycles. The fraction of sp³-hybridized carbons (Fsp3) is 0. The molecule has 2 aromatic rings. The molecule has 0 aliphatic carbocycles. The van der Waals surface area contributed by atoms with Crippen molar-refractivity contribution in [3.63, 3.8) is 0 Å². The fourth-order valence-electron chi connectivity index (χ4n) is 1.19. The van der Waals surface area contributed by atoms with Crippen LogP contribution in [0.1, 0.15) is 5.56 Å². The predicted molar refractivity (Wildman–Crippen MR) is 56.0 cm³/mol. The molecule has 4 heteroatoms. The summed E-state index contributed by atoms with van der Waals surface area (Å²) in [6.45, 7) is 0. The molecule has 1 aromatic heterocycles. The van der Waals surface area contributed by atoms with E-state index in [9.17, 15) is 0 Å². The Bertz CT molecular complexity index is 463. The van der Waals surface area contributed by atoms with Crippen LogP contribution in [0.15, 0.2) is 34.8 Å². The molecule has 0 aliphatic heterocycles. The third-order valence-electron chi connectivity index (χ3n) is 1.79. The van der Waals surface area contributed by atoms with Gasteiger partial charge >= 0.3 is 0 Å². The number of fused-ring (bicyclic) bond motifs is 1. The normalized spacial score (nSPS) is 12.2. The van der Waals surface area contributed by atoms with Gasteiger partial charge in [-0.05, 0) is 6.07 Å². The molecule has 1 N–H and O–H groups in total. The summed E-state index contributed by atoms with van der Waals surface area (Å²) < 4.78 is 1.14. The van der Waals surface area contributed by atoms with Gasteiger partial charge in [-0.15, -0.1) is 11.3 Å². The highest BCUT2D eigenvalue weighted by atomic mass is 35.5. The monoisotopic (exact) mass is 211 g/mol. The average Bonchev–Trinajstić information content (AvgIpc) is 2.60. The molecule has 0 saturated heterocycles. The first-order valence-corrected chi connectivity index (χ1v) is 4.93. The van der Waals surface area contributed by atoms with Crippen LogP contribution in [0.25, 0.3) is 10.1 Å². The molecule has 0 amide bonds. The van der Waals surface area contributed by atoms with Gasteiger partial charge in [0.15, 0.2) is 5.17 Å². The Balaban J connectivity index is 2.71. The highest BCUT2D eigenvalue weighted by Gasteiger charge is 2.07. The summed E-state index contributed by atoms with van der Waals surface area (Å²) in [7, 11) is 0. The van der Waals surface area contributed by atoms with E-state index in [1.807, 2.05) is 29.6 Å². The van der Waals surface area contributed by atoms with Crippen molar-refractivity contribution < 1.29 is 5.21 Å². The quantitative estimate of drug-likeness (QED) is 0.438. The van der Waals surface area contributed by atoms with Gasteiger partial charge in [-0.2, -0.15) is 0 Å². The van der Waals surface area contributed by atoms with Crippen LogP contribution in [-0.2, 0) is 0 Å². The van der Waals surface area contributed by atoms with E-state index in [2.05, 4.69) is 5.16 Å². The number of oxime groups is 1. The van der Waals surface area contributed by atoms with Crippen molar-refractivity contribution in [2.24, 2.45) is 5.16 Å². The van der Waals surface area contributed by atoms with Crippen molar-refractivity contribution in [2.45, 2.75) is 0 Å². The second-order valence-corrected chi connectivity index (χ2v) is 3.81. The second-order valence-electron chi connectivity index (χ2n) is 2.54. The van der Waals surface area contributed by atoms with Crippen LogP contribution < -0.4 is 0 Å². The smallest absolute Gasteiger partial charge is 0.176 e. The van der Waals surface area contributed by atoms with E-state index in [1.165, 1.54) is 0 Å². The van der Waals surface area contributed by atoms with E-state index < -0.39 is 0 Å². The first-order valence-electron chi connectivity index (χ1n) is 3.67. The number of rotatable bonds is 1. The lowest BCUT2D eigenvalue weighted by atomic mass is 10.2. The van der Waals surface area contributed by atoms with E-state index in [1.54, 1.807) is 11.3 Å². The molecule has 13 heavy (non-hydrogen) atoms. The van der Waals surface area contributed by atoms with Crippen LogP contribution in [0.5, 0.6) is 0 Å². The van der Waals surface area contributed by atoms with Crippen molar-refractivity contribution in [3.8, 4) is 0 Å². The summed E-state index contributed by atoms with van der Waals surface area (Å²) >= 11 is 7.30. The van der Waals surface area contributed by atoms with Crippen molar-refractivity contribution in [3.05, 3.63) is 35.2 Å². The van der Waals surface area contributed by atoms with Crippen molar-refractivity contribution in [1.29, 1.82) is 0 Å². The van der Waals surface area contributed by atoms with Crippen molar-refractivity contribution in [2.75, 3.05) is 0 Å². The molecule has 0 unspecified atom stereocenters. The van der Waals surface area contributed by atoms with Crippen LogP contribution in [0.3, 0.4) is 0 Å². The fourth-order valence-corrected chi connectivity index (χ4v) is 2.36. The number of halogens is 1. The second kappa shape index (κ2) is 3.36. The first-order chi connectivity index (χ1) is 6.33. The minimum Gasteiger partial charge on any atom is -0.410 e. The maximum Gasteiger partial charge on any atom is 0.176 e. The molecule has 1 aromatic carbocycles. The first kappa shape index (κ1) is 8.53. The summed E-state index contributed by atoms with van der Waals surface area (Å²) in [5, 5.41) is 14.5. The Labute approximate surface area is 84.1 Å². The van der Waals surface area contributed by atoms with Gasteiger partial charge in [0.05, 0.1) is 0 Å². The number of nitrogens with zero attached hydrogens (tertiary/aromatic N) is 1. The van der Waals surface area contributed by atoms with E-state index >= 15 is 0 Å². The summed E-state index contributed by atoms with van der Waals surface area (Å²) in [5.41, 5.74) is 0.782. The van der Waals surface area contributed by atoms with Crippen LogP contribution in [-0.4, -0.2) is 10.4 Å². The number of benzene rings is 1. The zero-order valence-corrected chi connectivity index (χ0v) is 8.14. The highest BCUT2D eigenvalue weighted by Crippen LogP contribution is 2.26. The van der Waals surface area contributed by atoms with E-state index in [0.29, 0.717) is 0 Å². The SMILES string of the molecule is ON=C(Cl)c1csc2ccccc12. The summed E-state index contributed by atoms with van der Waals surface area (Å²) in [5.74, 6) is 0. The lowest BCUT2D eigenvalue weighted by Crippen LogP contribution is -1.87. The van der Waals surface area contributed by atoms with E-state index in [0.717, 1.165) is 15.6 Å². The van der Waals surface area contributed by atoms with Crippen LogP contribution in [0, 0.1) is 0 Å². The van der Waals surface area contributed by atoms with Crippen molar-refractivity contribution in [1.82, 2.24) is 0 Å². The summed E-state index contributed by atoms with van der Waals surface area (Å²) in [6.07, 6.45) is 0. The molecule has 0 saturated carbocycles. The third kappa shape index (κ3) is 1.41. The lowest BCUT2D eigenvalue weighted by Gasteiger charge is -1.92. The minimum atomic E-state index is 0.137. The number of hydrogen-bond donors (Lipinski definition) is 1. The lowest BCUT2D eigenvalue weighted by molar-refractivity contribution is 0.321. The molecule has 0 aliphatic rings. The van der Waals surface area contributed by atoms with Gasteiger partial charge in [0.1, 0.15) is 0 Å². The van der Waals surface area contributed by atoms with Gasteiger partial charge in [0.2, 0.25) is 0 Å². The molecule has 0 spiro atoms. The Morgan fingerprint density at radius 2 is 2.15 bits per heavy atom. The maximum absolute atomic E-state index is 8.53. The molecule has 0 bridgehead atoms. The van der Waals surface area contributed by atoms with Crippen LogP contribution >= 0.6 is 22.9 Å². The topological polar surface area (TPSA) is 32.6 Å². The largest absolute Gasteiger partial charge is 0.410 e. The van der Waals surface area contributed by atoms with Gasteiger partial charge in [0.25, 0.3) is 0 Å². The molecule has 0 fully saturated rings. The highest BCUT2D eigenvalue weighted by molar-refractivity contribution is 7.17. The predicted octanol–water partition coefficient (Wildman–Crippen LogP) is 3.28. The van der Waals surface area contributed by atoms with Crippen LogP contribution in [0.4, 0.5) is 0 Å². The Morgan fingerprint density at radius 3 is 2.92 bits per heavy atom. The zero-order valence-electron chi connectivity index (χ0n) is 6.57. The van der Waals surface area contributed by atoms with E-state index in [4.69, 9.17) is 16.8 Å². The molecule has 66 valence electrons. The zero-order chi connectivity index (χ0) is 9.26. The number of thiophene rings is 1. The third-order valence-corrected chi connectivity index (χ3v) is 3.03. The van der Waals surface area contributed by atoms with Gasteiger partial charge < -0.3 is 5.21 Å². The van der Waals surface area contributed by atoms with Gasteiger partial charge in [-0.25, -0.2) is 0 Å². The standard InChI is InChI=1S/C9H6ClNOS/c10-9(11-12)7-5-13-8-4-2-1-3-6(7)8/h1-5,12H. The Hall–Kier alpha value is -1.06. The molecule has 0 radical (unpaired) electrons. The maximum atomic E-state index is 8.53. The molecule has 2 rings (SSSR count). The van der Waals surface area contributed by atoms with Crippen LogP contribution in [0.2, 0.25) is 0 Å². The molecule has 2 nitrogen and oxygen atoms in total. The van der Waals surface area contributed by atoms with Gasteiger partial charge in [-0.1, -0.05) is 35.0 Å². The minimum absolute atomic E-state index is 0.137. The summed E-state index contributed by atoms with van der Waals surface area (Å²) in [6, 6.07) is 7.85. The number of hydrogen-bond acceptors (Lipinski definition) is 3. The summed E-state index contributed by atoms with van der Waals surface area (Å²) in [4.78, 5) is 0. The van der Waals surface area contributed by atoms with Gasteiger partial charge in [-0.3, -0.25) is 0 Å².